The molecule has 0 aliphatic carbocycles. The van der Waals surface area contributed by atoms with Gasteiger partial charge in [-0.05, 0) is 31.2 Å². The first-order valence-electron chi connectivity index (χ1n) is 8.58. The van der Waals surface area contributed by atoms with E-state index in [4.69, 9.17) is 13.9 Å². The molecule has 0 unspecified atom stereocenters. The van der Waals surface area contributed by atoms with Crippen LogP contribution >= 0.6 is 0 Å². The van der Waals surface area contributed by atoms with Gasteiger partial charge in [0.15, 0.2) is 0 Å². The average Bonchev–Trinajstić information content (AvgIpc) is 3.08. The monoisotopic (exact) mass is 362 g/mol. The molecular weight excluding hydrogens is 339 g/mol. The molecule has 7 heteroatoms. The molecule has 3 rings (SSSR count). The van der Waals surface area contributed by atoms with Gasteiger partial charge in [0.25, 0.3) is 5.91 Å². The molecule has 1 aromatic carbocycles. The second kappa shape index (κ2) is 8.33. The molecule has 1 saturated heterocycles. The van der Waals surface area contributed by atoms with Crippen LogP contribution in [0.15, 0.2) is 34.7 Å². The number of benzene rings is 1. The van der Waals surface area contributed by atoms with Crippen LogP contribution < -0.4 is 10.1 Å². The van der Waals surface area contributed by atoms with E-state index in [0.717, 1.165) is 24.6 Å². The van der Waals surface area contributed by atoms with Crippen molar-refractivity contribution in [3.05, 3.63) is 53.2 Å². The first kappa shape index (κ1) is 18.4. The third-order valence-electron chi connectivity index (χ3n) is 4.45. The fraction of sp³-hybridized carbons (Fsp3) is 0.421. The summed E-state index contributed by atoms with van der Waals surface area (Å²) in [5, 5.41) is 2.82. The van der Waals surface area contributed by atoms with Crippen molar-refractivity contribution in [3.63, 3.8) is 0 Å². The van der Waals surface area contributed by atoms with E-state index >= 15 is 0 Å². The van der Waals surface area contributed by atoms with Crippen LogP contribution in [-0.4, -0.2) is 50.8 Å². The highest BCUT2D eigenvalue weighted by Gasteiger charge is 2.26. The molecule has 1 amide bonds. The number of nitrogens with zero attached hydrogens (tertiary/aromatic N) is 1. The van der Waals surface area contributed by atoms with E-state index in [1.165, 1.54) is 19.2 Å². The Morgan fingerprint density at radius 1 is 1.31 bits per heavy atom. The summed E-state index contributed by atoms with van der Waals surface area (Å²) in [4.78, 5) is 14.6. The van der Waals surface area contributed by atoms with Gasteiger partial charge in [-0.15, -0.1) is 0 Å². The zero-order chi connectivity index (χ0) is 18.5. The van der Waals surface area contributed by atoms with Crippen LogP contribution in [0.25, 0.3) is 0 Å². The van der Waals surface area contributed by atoms with Crippen LogP contribution in [0.5, 0.6) is 5.75 Å². The lowest BCUT2D eigenvalue weighted by Gasteiger charge is -2.33. The molecule has 0 spiro atoms. The number of amides is 1. The Labute approximate surface area is 151 Å². The minimum absolute atomic E-state index is 0.0119. The molecule has 1 aliphatic rings. The van der Waals surface area contributed by atoms with Gasteiger partial charge in [-0.3, -0.25) is 9.69 Å². The molecule has 6 nitrogen and oxygen atoms in total. The van der Waals surface area contributed by atoms with Gasteiger partial charge < -0.3 is 19.2 Å². The number of furan rings is 1. The lowest BCUT2D eigenvalue weighted by atomic mass is 10.1. The zero-order valence-electron chi connectivity index (χ0n) is 15.0. The topological polar surface area (TPSA) is 63.9 Å². The molecule has 0 bridgehead atoms. The Kier molecular flexibility index (Phi) is 5.90. The number of hydrogen-bond acceptors (Lipinski definition) is 5. The van der Waals surface area contributed by atoms with Crippen molar-refractivity contribution in [1.82, 2.24) is 10.2 Å². The number of carbonyl (C=O) groups is 1. The molecule has 0 radical (unpaired) electrons. The SMILES string of the molecule is COc1ccc(C(=O)NC[C@H](c2ccc(C)o2)N2CCOCC2)c(F)c1. The van der Waals surface area contributed by atoms with E-state index in [2.05, 4.69) is 10.2 Å². The number of morpholine rings is 1. The van der Waals surface area contributed by atoms with Crippen LogP contribution in [0.1, 0.15) is 27.9 Å². The molecule has 140 valence electrons. The maximum Gasteiger partial charge on any atom is 0.254 e. The maximum atomic E-state index is 14.1. The fourth-order valence-electron chi connectivity index (χ4n) is 3.02. The lowest BCUT2D eigenvalue weighted by molar-refractivity contribution is 0.0117. The summed E-state index contributed by atoms with van der Waals surface area (Å²) in [6.45, 7) is 4.96. The number of rotatable bonds is 6. The van der Waals surface area contributed by atoms with Crippen molar-refractivity contribution in [2.24, 2.45) is 0 Å². The van der Waals surface area contributed by atoms with Crippen LogP contribution in [0.2, 0.25) is 0 Å². The Bertz CT molecular complexity index is 756. The molecule has 1 aromatic heterocycles. The van der Waals surface area contributed by atoms with E-state index in [9.17, 15) is 9.18 Å². The smallest absolute Gasteiger partial charge is 0.254 e. The van der Waals surface area contributed by atoms with Gasteiger partial charge in [0, 0.05) is 25.7 Å². The van der Waals surface area contributed by atoms with Gasteiger partial charge in [0.1, 0.15) is 23.1 Å². The molecular formula is C19H23FN2O4. The van der Waals surface area contributed by atoms with E-state index in [0.29, 0.717) is 25.5 Å². The standard InChI is InChI=1S/C19H23FN2O4/c1-13-3-6-18(26-13)17(22-7-9-25-10-8-22)12-21-19(23)15-5-4-14(24-2)11-16(15)20/h3-6,11,17H,7-10,12H2,1-2H3,(H,21,23)/t17-/m1/s1. The third kappa shape index (κ3) is 4.23. The molecule has 1 fully saturated rings. The average molecular weight is 362 g/mol. The van der Waals surface area contributed by atoms with Gasteiger partial charge in [-0.25, -0.2) is 4.39 Å². The number of aryl methyl sites for hydroxylation is 1. The summed E-state index contributed by atoms with van der Waals surface area (Å²) in [7, 11) is 1.45. The highest BCUT2D eigenvalue weighted by atomic mass is 19.1. The summed E-state index contributed by atoms with van der Waals surface area (Å²) in [5.41, 5.74) is -0.0119. The van der Waals surface area contributed by atoms with Crippen molar-refractivity contribution in [2.45, 2.75) is 13.0 Å². The Balaban J connectivity index is 1.71. The molecule has 1 N–H and O–H groups in total. The largest absolute Gasteiger partial charge is 0.497 e. The Morgan fingerprint density at radius 3 is 2.69 bits per heavy atom. The molecule has 1 aliphatic heterocycles. The first-order valence-corrected chi connectivity index (χ1v) is 8.58. The summed E-state index contributed by atoms with van der Waals surface area (Å²) in [6, 6.07) is 7.86. The fourth-order valence-corrected chi connectivity index (χ4v) is 3.02. The second-order valence-electron chi connectivity index (χ2n) is 6.17. The Hall–Kier alpha value is -2.38. The second-order valence-corrected chi connectivity index (χ2v) is 6.17. The predicted molar refractivity (Wildman–Crippen MR) is 93.9 cm³/mol. The van der Waals surface area contributed by atoms with E-state index < -0.39 is 11.7 Å². The minimum Gasteiger partial charge on any atom is -0.497 e. The van der Waals surface area contributed by atoms with Crippen LogP contribution in [0.4, 0.5) is 4.39 Å². The van der Waals surface area contributed by atoms with Crippen molar-refractivity contribution < 1.29 is 23.1 Å². The number of hydrogen-bond donors (Lipinski definition) is 1. The molecule has 2 heterocycles. The van der Waals surface area contributed by atoms with E-state index in [-0.39, 0.29) is 11.6 Å². The third-order valence-corrected chi connectivity index (χ3v) is 4.45. The number of halogens is 1. The maximum absolute atomic E-state index is 14.1. The minimum atomic E-state index is -0.612. The highest BCUT2D eigenvalue weighted by Crippen LogP contribution is 2.24. The van der Waals surface area contributed by atoms with Crippen LogP contribution in [0, 0.1) is 12.7 Å². The first-order chi connectivity index (χ1) is 12.6. The summed E-state index contributed by atoms with van der Waals surface area (Å²) < 4.78 is 30.2. The van der Waals surface area contributed by atoms with Gasteiger partial charge in [-0.1, -0.05) is 0 Å². The lowest BCUT2D eigenvalue weighted by Crippen LogP contribution is -2.43. The quantitative estimate of drug-likeness (QED) is 0.856. The van der Waals surface area contributed by atoms with E-state index in [1.54, 1.807) is 6.07 Å². The van der Waals surface area contributed by atoms with Crippen molar-refractivity contribution >= 4 is 5.91 Å². The number of nitrogens with one attached hydrogen (secondary N) is 1. The number of carbonyl (C=O) groups excluding carboxylic acids is 1. The number of methoxy groups -OCH3 is 1. The molecule has 26 heavy (non-hydrogen) atoms. The molecule has 2 aromatic rings. The van der Waals surface area contributed by atoms with Gasteiger partial charge in [-0.2, -0.15) is 0 Å². The van der Waals surface area contributed by atoms with Gasteiger partial charge in [0.2, 0.25) is 0 Å². The van der Waals surface area contributed by atoms with Crippen LogP contribution in [0.3, 0.4) is 0 Å². The predicted octanol–water partition coefficient (Wildman–Crippen LogP) is 2.54. The zero-order valence-corrected chi connectivity index (χ0v) is 15.0. The van der Waals surface area contributed by atoms with Gasteiger partial charge >= 0.3 is 0 Å². The Morgan fingerprint density at radius 2 is 2.08 bits per heavy atom. The number of ether oxygens (including phenoxy) is 2. The van der Waals surface area contributed by atoms with Crippen molar-refractivity contribution in [2.75, 3.05) is 40.0 Å². The normalized spacial score (nSPS) is 16.3. The van der Waals surface area contributed by atoms with Crippen molar-refractivity contribution in [1.29, 1.82) is 0 Å². The molecule has 1 atom stereocenters. The summed E-state index contributed by atoms with van der Waals surface area (Å²) in [6.07, 6.45) is 0. The highest BCUT2D eigenvalue weighted by molar-refractivity contribution is 5.94. The van der Waals surface area contributed by atoms with Crippen LogP contribution in [-0.2, 0) is 4.74 Å². The molecule has 0 saturated carbocycles. The van der Waals surface area contributed by atoms with E-state index in [1.807, 2.05) is 19.1 Å². The van der Waals surface area contributed by atoms with Crippen molar-refractivity contribution in [3.8, 4) is 5.75 Å². The summed E-state index contributed by atoms with van der Waals surface area (Å²) in [5.74, 6) is 0.882. The van der Waals surface area contributed by atoms with Gasteiger partial charge in [0.05, 0.1) is 31.9 Å². The summed E-state index contributed by atoms with van der Waals surface area (Å²) >= 11 is 0.